The Kier molecular flexibility index (Phi) is 7.11. The number of ether oxygens (including phenoxy) is 1. The number of piperidine rings is 1. The SMILES string of the molecule is Cc1ccc(Cn2cnc(=O)c3cc(Oc4ncc(CN5CCCC(F)(F)C5)cc4C(F)(F)F)ccc32)cc1. The fourth-order valence-electron chi connectivity index (χ4n) is 4.69. The van der Waals surface area contributed by atoms with Crippen LogP contribution in [0.1, 0.15) is 35.1 Å². The standard InChI is InChI=1S/C28H25F5N4O2/c1-18-3-5-19(6-4-18)15-37-17-35-25(38)22-12-21(7-8-24(22)37)39-26-23(28(31,32)33)11-20(13-34-26)14-36-10-2-9-27(29,30)16-36/h3-8,11-13,17H,2,9-10,14-16H2,1H3. The zero-order chi connectivity index (χ0) is 27.8. The van der Waals surface area contributed by atoms with Gasteiger partial charge < -0.3 is 9.30 Å². The van der Waals surface area contributed by atoms with Gasteiger partial charge >= 0.3 is 6.18 Å². The number of fused-ring (bicyclic) bond motifs is 1. The third-order valence-electron chi connectivity index (χ3n) is 6.60. The molecule has 1 aliphatic rings. The topological polar surface area (TPSA) is 60.3 Å². The fraction of sp³-hybridized carbons (Fsp3) is 0.321. The van der Waals surface area contributed by atoms with Gasteiger partial charge in [-0.15, -0.1) is 0 Å². The van der Waals surface area contributed by atoms with E-state index in [4.69, 9.17) is 4.74 Å². The molecule has 39 heavy (non-hydrogen) atoms. The Bertz CT molecular complexity index is 1550. The van der Waals surface area contributed by atoms with Crippen molar-refractivity contribution in [3.63, 3.8) is 0 Å². The summed E-state index contributed by atoms with van der Waals surface area (Å²) in [7, 11) is 0. The monoisotopic (exact) mass is 544 g/mol. The van der Waals surface area contributed by atoms with Crippen LogP contribution in [0, 0.1) is 6.92 Å². The molecule has 0 unspecified atom stereocenters. The lowest BCUT2D eigenvalue weighted by molar-refractivity contribution is -0.139. The molecule has 0 amide bonds. The molecule has 3 heterocycles. The second-order valence-electron chi connectivity index (χ2n) is 9.81. The normalized spacial score (nSPS) is 15.9. The summed E-state index contributed by atoms with van der Waals surface area (Å²) in [4.78, 5) is 21.7. The van der Waals surface area contributed by atoms with Crippen LogP contribution < -0.4 is 10.3 Å². The molecule has 0 radical (unpaired) electrons. The Labute approximate surface area is 220 Å². The highest BCUT2D eigenvalue weighted by molar-refractivity contribution is 5.79. The second kappa shape index (κ2) is 10.4. The van der Waals surface area contributed by atoms with Gasteiger partial charge in [0.2, 0.25) is 5.88 Å². The van der Waals surface area contributed by atoms with E-state index in [-0.39, 0.29) is 36.1 Å². The average Bonchev–Trinajstić information content (AvgIpc) is 2.87. The van der Waals surface area contributed by atoms with E-state index in [2.05, 4.69) is 9.97 Å². The van der Waals surface area contributed by atoms with Crippen LogP contribution in [-0.4, -0.2) is 38.4 Å². The molecule has 0 bridgehead atoms. The third-order valence-corrected chi connectivity index (χ3v) is 6.60. The summed E-state index contributed by atoms with van der Waals surface area (Å²) in [6.07, 6.45) is -2.17. The lowest BCUT2D eigenvalue weighted by Crippen LogP contribution is -2.42. The van der Waals surface area contributed by atoms with Crippen LogP contribution in [-0.2, 0) is 19.3 Å². The number of benzene rings is 2. The minimum absolute atomic E-state index is 0.0177. The highest BCUT2D eigenvalue weighted by Gasteiger charge is 2.37. The molecule has 0 saturated carbocycles. The Hall–Kier alpha value is -3.86. The van der Waals surface area contributed by atoms with Gasteiger partial charge in [-0.3, -0.25) is 9.69 Å². The number of aryl methyl sites for hydroxylation is 1. The van der Waals surface area contributed by atoms with Crippen molar-refractivity contribution < 1.29 is 26.7 Å². The van der Waals surface area contributed by atoms with Crippen molar-refractivity contribution in [2.75, 3.05) is 13.1 Å². The van der Waals surface area contributed by atoms with Crippen LogP contribution in [0.25, 0.3) is 10.9 Å². The maximum Gasteiger partial charge on any atom is 0.421 e. The smallest absolute Gasteiger partial charge is 0.421 e. The van der Waals surface area contributed by atoms with E-state index in [9.17, 15) is 26.7 Å². The number of nitrogens with zero attached hydrogens (tertiary/aromatic N) is 4. The predicted molar refractivity (Wildman–Crippen MR) is 135 cm³/mol. The molecule has 1 aliphatic heterocycles. The van der Waals surface area contributed by atoms with Gasteiger partial charge in [-0.05, 0) is 55.3 Å². The van der Waals surface area contributed by atoms with Crippen molar-refractivity contribution in [3.8, 4) is 11.6 Å². The first-order valence-corrected chi connectivity index (χ1v) is 12.4. The van der Waals surface area contributed by atoms with Gasteiger partial charge in [0.25, 0.3) is 11.5 Å². The highest BCUT2D eigenvalue weighted by Crippen LogP contribution is 2.38. The molecule has 4 aromatic rings. The first-order chi connectivity index (χ1) is 18.5. The number of likely N-dealkylation sites (tertiary alicyclic amines) is 1. The molecule has 0 N–H and O–H groups in total. The lowest BCUT2D eigenvalue weighted by atomic mass is 10.1. The minimum atomic E-state index is -4.80. The largest absolute Gasteiger partial charge is 0.438 e. The molecule has 204 valence electrons. The summed E-state index contributed by atoms with van der Waals surface area (Å²) in [5.74, 6) is -3.58. The number of halogens is 5. The van der Waals surface area contributed by atoms with Crippen LogP contribution in [0.4, 0.5) is 22.0 Å². The van der Waals surface area contributed by atoms with E-state index in [1.165, 1.54) is 29.6 Å². The molecule has 1 saturated heterocycles. The molecule has 0 atom stereocenters. The molecular weight excluding hydrogens is 519 g/mol. The van der Waals surface area contributed by atoms with E-state index in [1.807, 2.05) is 31.2 Å². The molecule has 0 spiro atoms. The van der Waals surface area contributed by atoms with E-state index in [0.717, 1.165) is 17.2 Å². The van der Waals surface area contributed by atoms with Crippen LogP contribution >= 0.6 is 0 Å². The van der Waals surface area contributed by atoms with Crippen molar-refractivity contribution in [2.45, 2.75) is 45.0 Å². The second-order valence-corrected chi connectivity index (χ2v) is 9.81. The summed E-state index contributed by atoms with van der Waals surface area (Å²) in [5, 5.41) is 0.179. The van der Waals surface area contributed by atoms with E-state index < -0.39 is 35.6 Å². The third kappa shape index (κ3) is 6.25. The van der Waals surface area contributed by atoms with Crippen molar-refractivity contribution in [1.82, 2.24) is 19.4 Å². The summed E-state index contributed by atoms with van der Waals surface area (Å²) in [6, 6.07) is 13.1. The highest BCUT2D eigenvalue weighted by atomic mass is 19.4. The van der Waals surface area contributed by atoms with Crippen LogP contribution in [0.2, 0.25) is 0 Å². The quantitative estimate of drug-likeness (QED) is 0.271. The van der Waals surface area contributed by atoms with E-state index in [0.29, 0.717) is 18.6 Å². The zero-order valence-corrected chi connectivity index (χ0v) is 21.0. The molecule has 2 aromatic carbocycles. The van der Waals surface area contributed by atoms with Crippen molar-refractivity contribution >= 4 is 10.9 Å². The van der Waals surface area contributed by atoms with Gasteiger partial charge in [0.1, 0.15) is 11.3 Å². The molecular formula is C28H25F5N4O2. The first-order valence-electron chi connectivity index (χ1n) is 12.4. The summed E-state index contributed by atoms with van der Waals surface area (Å²) >= 11 is 0. The summed E-state index contributed by atoms with van der Waals surface area (Å²) in [6.45, 7) is 2.17. The van der Waals surface area contributed by atoms with E-state index >= 15 is 0 Å². The van der Waals surface area contributed by atoms with Crippen LogP contribution in [0.15, 0.2) is 65.8 Å². The Morgan fingerprint density at radius 3 is 2.49 bits per heavy atom. The maximum absolute atomic E-state index is 13.9. The van der Waals surface area contributed by atoms with Gasteiger partial charge in [0.05, 0.1) is 23.8 Å². The van der Waals surface area contributed by atoms with Crippen molar-refractivity contribution in [1.29, 1.82) is 0 Å². The minimum Gasteiger partial charge on any atom is -0.438 e. The molecule has 11 heteroatoms. The number of pyridine rings is 1. The molecule has 2 aromatic heterocycles. The maximum atomic E-state index is 13.9. The predicted octanol–water partition coefficient (Wildman–Crippen LogP) is 6.19. The Morgan fingerprint density at radius 2 is 1.77 bits per heavy atom. The number of hydrogen-bond donors (Lipinski definition) is 0. The Balaban J connectivity index is 1.42. The lowest BCUT2D eigenvalue weighted by Gasteiger charge is -2.32. The van der Waals surface area contributed by atoms with Crippen LogP contribution in [0.5, 0.6) is 11.6 Å². The van der Waals surface area contributed by atoms with Gasteiger partial charge in [0.15, 0.2) is 0 Å². The van der Waals surface area contributed by atoms with Crippen LogP contribution in [0.3, 0.4) is 0 Å². The van der Waals surface area contributed by atoms with Crippen molar-refractivity contribution in [3.05, 3.63) is 93.7 Å². The average molecular weight is 545 g/mol. The number of rotatable bonds is 6. The molecule has 6 nitrogen and oxygen atoms in total. The first kappa shape index (κ1) is 26.7. The number of alkyl halides is 5. The molecule has 1 fully saturated rings. The van der Waals surface area contributed by atoms with Crippen molar-refractivity contribution in [2.24, 2.45) is 0 Å². The van der Waals surface area contributed by atoms with Gasteiger partial charge in [-0.25, -0.2) is 13.8 Å². The number of aromatic nitrogens is 3. The fourth-order valence-corrected chi connectivity index (χ4v) is 4.69. The van der Waals surface area contributed by atoms with Gasteiger partial charge in [0, 0.05) is 25.7 Å². The summed E-state index contributed by atoms with van der Waals surface area (Å²) in [5.41, 5.74) is 1.10. The van der Waals surface area contributed by atoms with Gasteiger partial charge in [-0.1, -0.05) is 29.8 Å². The van der Waals surface area contributed by atoms with Gasteiger partial charge in [-0.2, -0.15) is 18.2 Å². The summed E-state index contributed by atoms with van der Waals surface area (Å²) < 4.78 is 76.5. The molecule has 5 rings (SSSR count). The number of hydrogen-bond acceptors (Lipinski definition) is 5. The molecule has 0 aliphatic carbocycles. The Morgan fingerprint density at radius 1 is 1.00 bits per heavy atom. The van der Waals surface area contributed by atoms with E-state index in [1.54, 1.807) is 10.6 Å². The zero-order valence-electron chi connectivity index (χ0n) is 21.0.